The van der Waals surface area contributed by atoms with Crippen molar-refractivity contribution in [3.63, 3.8) is 0 Å². The molecule has 22 heavy (non-hydrogen) atoms. The van der Waals surface area contributed by atoms with Gasteiger partial charge in [0.25, 0.3) is 0 Å². The Hall–Kier alpha value is -1.95. The summed E-state index contributed by atoms with van der Waals surface area (Å²) in [6, 6.07) is 6.19. The molecular weight excluding hydrogens is 280 g/mol. The Labute approximate surface area is 129 Å². The number of rotatable bonds is 5. The lowest BCUT2D eigenvalue weighted by molar-refractivity contribution is -0.123. The molecule has 6 nitrogen and oxygen atoms in total. The molecule has 1 amide bonds. The van der Waals surface area contributed by atoms with E-state index in [4.69, 9.17) is 4.63 Å². The van der Waals surface area contributed by atoms with Crippen LogP contribution >= 0.6 is 0 Å². The number of hydrogen-bond donors (Lipinski definition) is 1. The molecule has 1 aliphatic rings. The molecule has 6 heteroatoms. The van der Waals surface area contributed by atoms with E-state index < -0.39 is 0 Å². The fourth-order valence-corrected chi connectivity index (χ4v) is 3.06. The van der Waals surface area contributed by atoms with E-state index in [-0.39, 0.29) is 5.91 Å². The van der Waals surface area contributed by atoms with Crippen LogP contribution in [0.1, 0.15) is 37.7 Å². The average Bonchev–Trinajstić information content (AvgIpc) is 2.95. The quantitative estimate of drug-likeness (QED) is 0.916. The molecule has 1 aromatic heterocycles. The van der Waals surface area contributed by atoms with Gasteiger partial charge in [-0.1, -0.05) is 25.3 Å². The minimum atomic E-state index is 0.110. The van der Waals surface area contributed by atoms with Gasteiger partial charge in [0, 0.05) is 12.6 Å². The number of hydrogen-bond acceptors (Lipinski definition) is 5. The number of benzene rings is 1. The molecule has 0 atom stereocenters. The number of nitrogens with zero attached hydrogens (tertiary/aromatic N) is 3. The van der Waals surface area contributed by atoms with Crippen LogP contribution in [0, 0.1) is 0 Å². The van der Waals surface area contributed by atoms with Crippen molar-refractivity contribution in [3.05, 3.63) is 23.8 Å². The van der Waals surface area contributed by atoms with E-state index in [0.29, 0.717) is 19.1 Å². The first-order valence-corrected chi connectivity index (χ1v) is 7.90. The van der Waals surface area contributed by atoms with Gasteiger partial charge < -0.3 is 5.32 Å². The molecule has 0 radical (unpaired) electrons. The van der Waals surface area contributed by atoms with Crippen molar-refractivity contribution in [2.45, 2.75) is 44.7 Å². The zero-order chi connectivity index (χ0) is 15.4. The number of fused-ring (bicyclic) bond motifs is 1. The van der Waals surface area contributed by atoms with Crippen LogP contribution in [0.2, 0.25) is 0 Å². The third-order valence-electron chi connectivity index (χ3n) is 4.15. The Morgan fingerprint density at radius 2 is 2.05 bits per heavy atom. The Balaban J connectivity index is 1.50. The highest BCUT2D eigenvalue weighted by Crippen LogP contribution is 2.17. The van der Waals surface area contributed by atoms with Crippen molar-refractivity contribution in [2.75, 3.05) is 13.6 Å². The van der Waals surface area contributed by atoms with Crippen molar-refractivity contribution >= 4 is 16.9 Å². The predicted octanol–water partition coefficient (Wildman–Crippen LogP) is 2.10. The fourth-order valence-electron chi connectivity index (χ4n) is 3.06. The van der Waals surface area contributed by atoms with E-state index in [9.17, 15) is 4.79 Å². The largest absolute Gasteiger partial charge is 0.352 e. The highest BCUT2D eigenvalue weighted by Gasteiger charge is 2.16. The summed E-state index contributed by atoms with van der Waals surface area (Å²) in [6.45, 7) is 1.10. The van der Waals surface area contributed by atoms with Crippen LogP contribution < -0.4 is 5.32 Å². The number of amides is 1. The molecule has 118 valence electrons. The van der Waals surface area contributed by atoms with Gasteiger partial charge in [0.2, 0.25) is 5.91 Å². The van der Waals surface area contributed by atoms with E-state index in [2.05, 4.69) is 15.6 Å². The summed E-state index contributed by atoms with van der Waals surface area (Å²) in [5.41, 5.74) is 2.59. The highest BCUT2D eigenvalue weighted by molar-refractivity contribution is 5.78. The first-order valence-electron chi connectivity index (χ1n) is 7.90. The average molecular weight is 302 g/mol. The van der Waals surface area contributed by atoms with E-state index in [1.54, 1.807) is 0 Å². The lowest BCUT2D eigenvalue weighted by Gasteiger charge is -2.24. The third kappa shape index (κ3) is 3.82. The molecule has 1 N–H and O–H groups in total. The van der Waals surface area contributed by atoms with Gasteiger partial charge in [0.15, 0.2) is 0 Å². The number of aromatic nitrogens is 2. The summed E-state index contributed by atoms with van der Waals surface area (Å²) in [6.07, 6.45) is 5.99. The summed E-state index contributed by atoms with van der Waals surface area (Å²) < 4.78 is 4.70. The monoisotopic (exact) mass is 302 g/mol. The molecule has 0 bridgehead atoms. The van der Waals surface area contributed by atoms with Gasteiger partial charge in [-0.25, -0.2) is 4.63 Å². The van der Waals surface area contributed by atoms with E-state index in [1.807, 2.05) is 30.1 Å². The molecule has 3 rings (SSSR count). The summed E-state index contributed by atoms with van der Waals surface area (Å²) in [4.78, 5) is 14.1. The molecule has 1 fully saturated rings. The molecule has 0 spiro atoms. The lowest BCUT2D eigenvalue weighted by Crippen LogP contribution is -2.41. The number of nitrogens with one attached hydrogen (secondary N) is 1. The van der Waals surface area contributed by atoms with Gasteiger partial charge >= 0.3 is 0 Å². The lowest BCUT2D eigenvalue weighted by atomic mass is 9.95. The van der Waals surface area contributed by atoms with Gasteiger partial charge in [0.1, 0.15) is 11.0 Å². The maximum Gasteiger partial charge on any atom is 0.234 e. The minimum Gasteiger partial charge on any atom is -0.352 e. The highest BCUT2D eigenvalue weighted by atomic mass is 16.6. The number of carbonyl (C=O) groups excluding carboxylic acids is 1. The molecule has 2 aromatic rings. The van der Waals surface area contributed by atoms with Gasteiger partial charge in [-0.15, -0.1) is 0 Å². The molecule has 0 aliphatic heterocycles. The predicted molar refractivity (Wildman–Crippen MR) is 83.2 cm³/mol. The molecule has 1 heterocycles. The van der Waals surface area contributed by atoms with E-state index >= 15 is 0 Å². The molecular formula is C16H22N4O2. The van der Waals surface area contributed by atoms with Gasteiger partial charge in [-0.2, -0.15) is 0 Å². The van der Waals surface area contributed by atoms with Crippen LogP contribution in [0.25, 0.3) is 11.0 Å². The Morgan fingerprint density at radius 1 is 1.27 bits per heavy atom. The smallest absolute Gasteiger partial charge is 0.234 e. The topological polar surface area (TPSA) is 71.3 Å². The van der Waals surface area contributed by atoms with Crippen molar-refractivity contribution in [1.82, 2.24) is 20.5 Å². The van der Waals surface area contributed by atoms with Crippen LogP contribution in [-0.4, -0.2) is 40.8 Å². The first kappa shape index (κ1) is 15.0. The summed E-state index contributed by atoms with van der Waals surface area (Å²) in [7, 11) is 1.95. The van der Waals surface area contributed by atoms with E-state index in [1.165, 1.54) is 19.3 Å². The molecule has 0 unspecified atom stereocenters. The second kappa shape index (κ2) is 6.87. The minimum absolute atomic E-state index is 0.110. The van der Waals surface area contributed by atoms with Crippen LogP contribution in [0.4, 0.5) is 0 Å². The Bertz CT molecular complexity index is 634. The second-order valence-electron chi connectivity index (χ2n) is 6.16. The number of carbonyl (C=O) groups is 1. The van der Waals surface area contributed by atoms with Crippen LogP contribution in [0.15, 0.2) is 22.8 Å². The standard InChI is InChI=1S/C16H22N4O2/c1-20(11-16(21)17-13-5-3-2-4-6-13)10-12-7-8-14-15(9-12)19-22-18-14/h7-9,13H,2-6,10-11H2,1H3,(H,17,21). The molecule has 1 aromatic carbocycles. The van der Waals surface area contributed by atoms with Crippen molar-refractivity contribution in [1.29, 1.82) is 0 Å². The summed E-state index contributed by atoms with van der Waals surface area (Å²) in [5.74, 6) is 0.110. The van der Waals surface area contributed by atoms with Crippen LogP contribution in [-0.2, 0) is 11.3 Å². The Kier molecular flexibility index (Phi) is 4.68. The SMILES string of the molecule is CN(CC(=O)NC1CCCCC1)Cc1ccc2nonc2c1. The second-order valence-corrected chi connectivity index (χ2v) is 6.16. The maximum absolute atomic E-state index is 12.1. The van der Waals surface area contributed by atoms with Crippen LogP contribution in [0.5, 0.6) is 0 Å². The van der Waals surface area contributed by atoms with E-state index in [0.717, 1.165) is 29.4 Å². The molecule has 0 saturated heterocycles. The normalized spacial score (nSPS) is 16.3. The summed E-state index contributed by atoms with van der Waals surface area (Å²) in [5, 5.41) is 10.8. The zero-order valence-electron chi connectivity index (χ0n) is 12.9. The van der Waals surface area contributed by atoms with Gasteiger partial charge in [0.05, 0.1) is 6.54 Å². The Morgan fingerprint density at radius 3 is 2.86 bits per heavy atom. The molecule has 1 aliphatic carbocycles. The van der Waals surface area contributed by atoms with Gasteiger partial charge in [-0.05, 0) is 47.9 Å². The third-order valence-corrected chi connectivity index (χ3v) is 4.15. The van der Waals surface area contributed by atoms with Crippen molar-refractivity contribution in [2.24, 2.45) is 0 Å². The summed E-state index contributed by atoms with van der Waals surface area (Å²) >= 11 is 0. The van der Waals surface area contributed by atoms with Crippen molar-refractivity contribution in [3.8, 4) is 0 Å². The maximum atomic E-state index is 12.1. The van der Waals surface area contributed by atoms with Gasteiger partial charge in [-0.3, -0.25) is 9.69 Å². The molecule has 1 saturated carbocycles. The van der Waals surface area contributed by atoms with Crippen LogP contribution in [0.3, 0.4) is 0 Å². The zero-order valence-corrected chi connectivity index (χ0v) is 12.9. The number of likely N-dealkylation sites (N-methyl/N-ethyl adjacent to an activating group) is 1. The first-order chi connectivity index (χ1) is 10.7. The van der Waals surface area contributed by atoms with Crippen molar-refractivity contribution < 1.29 is 9.42 Å². The fraction of sp³-hybridized carbons (Fsp3) is 0.562.